The molecule has 1 saturated carbocycles. The van der Waals surface area contributed by atoms with Gasteiger partial charge in [0, 0.05) is 18.0 Å². The molecule has 2 saturated heterocycles. The van der Waals surface area contributed by atoms with E-state index in [9.17, 15) is 21.6 Å². The summed E-state index contributed by atoms with van der Waals surface area (Å²) in [6, 6.07) is 5.99. The number of hydrogen-bond acceptors (Lipinski definition) is 3. The lowest BCUT2D eigenvalue weighted by atomic mass is 9.91. The molecule has 1 spiro atoms. The number of hydrogen-bond donors (Lipinski definition) is 0. The highest BCUT2D eigenvalue weighted by molar-refractivity contribution is 7.92. The molecule has 25 heavy (non-hydrogen) atoms. The Balaban J connectivity index is 1.37. The van der Waals surface area contributed by atoms with Gasteiger partial charge in [0.05, 0.1) is 17.1 Å². The highest BCUT2D eigenvalue weighted by Gasteiger charge is 2.53. The standard InChI is InChI=1S/C18H22F3NO2S/c19-18(20,21)15-4-1-13(2-5-15)14-3-6-16(9-14)22-8-7-17(10-22)11-25(23,24)12-17/h1-2,4-5,14,16H,3,6-12H2/t14-,16?/m1/s1. The third kappa shape index (κ3) is 3.33. The Hall–Kier alpha value is -1.08. The average molecular weight is 373 g/mol. The predicted octanol–water partition coefficient (Wildman–Crippen LogP) is 3.46. The lowest BCUT2D eigenvalue weighted by Crippen LogP contribution is -2.50. The normalized spacial score (nSPS) is 31.3. The highest BCUT2D eigenvalue weighted by atomic mass is 32.2. The molecule has 3 fully saturated rings. The number of alkyl halides is 3. The Bertz CT molecular complexity index is 746. The first-order valence-electron chi connectivity index (χ1n) is 8.78. The van der Waals surface area contributed by atoms with Crippen molar-refractivity contribution in [2.24, 2.45) is 5.41 Å². The molecule has 2 atom stereocenters. The van der Waals surface area contributed by atoms with Gasteiger partial charge in [-0.1, -0.05) is 12.1 Å². The van der Waals surface area contributed by atoms with E-state index in [4.69, 9.17) is 0 Å². The second-order valence-corrected chi connectivity index (χ2v) is 10.1. The van der Waals surface area contributed by atoms with Gasteiger partial charge in [-0.25, -0.2) is 8.42 Å². The van der Waals surface area contributed by atoms with Gasteiger partial charge in [-0.05, 0) is 55.8 Å². The highest BCUT2D eigenvalue weighted by Crippen LogP contribution is 2.45. The van der Waals surface area contributed by atoms with Crippen LogP contribution in [-0.4, -0.2) is 44.0 Å². The first kappa shape index (κ1) is 17.3. The van der Waals surface area contributed by atoms with E-state index in [0.717, 1.165) is 44.3 Å². The molecular weight excluding hydrogens is 351 g/mol. The summed E-state index contributed by atoms with van der Waals surface area (Å²) in [6.45, 7) is 1.80. The van der Waals surface area contributed by atoms with Gasteiger partial charge < -0.3 is 0 Å². The van der Waals surface area contributed by atoms with Crippen LogP contribution >= 0.6 is 0 Å². The topological polar surface area (TPSA) is 37.4 Å². The van der Waals surface area contributed by atoms with E-state index in [1.807, 2.05) is 0 Å². The summed E-state index contributed by atoms with van der Waals surface area (Å²) in [6.07, 6.45) is -0.363. The number of sulfone groups is 1. The van der Waals surface area contributed by atoms with Crippen LogP contribution in [0.5, 0.6) is 0 Å². The molecule has 3 aliphatic rings. The van der Waals surface area contributed by atoms with Crippen LogP contribution in [0.25, 0.3) is 0 Å². The Morgan fingerprint density at radius 2 is 1.76 bits per heavy atom. The van der Waals surface area contributed by atoms with Crippen molar-refractivity contribution >= 4 is 9.84 Å². The molecule has 1 unspecified atom stereocenters. The van der Waals surface area contributed by atoms with E-state index in [-0.39, 0.29) is 5.41 Å². The van der Waals surface area contributed by atoms with Gasteiger partial charge in [0.2, 0.25) is 0 Å². The zero-order valence-electron chi connectivity index (χ0n) is 13.9. The van der Waals surface area contributed by atoms with Crippen LogP contribution in [0, 0.1) is 5.41 Å². The third-order valence-corrected chi connectivity index (χ3v) is 8.26. The molecule has 1 aromatic carbocycles. The van der Waals surface area contributed by atoms with E-state index in [1.165, 1.54) is 12.1 Å². The van der Waals surface area contributed by atoms with Crippen molar-refractivity contribution in [3.05, 3.63) is 35.4 Å². The Labute approximate surface area is 146 Å². The monoisotopic (exact) mass is 373 g/mol. The number of nitrogens with zero attached hydrogens (tertiary/aromatic N) is 1. The van der Waals surface area contributed by atoms with Crippen LogP contribution in [0.1, 0.15) is 42.7 Å². The van der Waals surface area contributed by atoms with Gasteiger partial charge in [0.1, 0.15) is 0 Å². The molecule has 1 aromatic rings. The third-order valence-electron chi connectivity index (χ3n) is 6.15. The maximum atomic E-state index is 12.7. The maximum Gasteiger partial charge on any atom is 0.416 e. The lowest BCUT2D eigenvalue weighted by molar-refractivity contribution is -0.137. The second-order valence-electron chi connectivity index (χ2n) is 8.04. The molecular formula is C18H22F3NO2S. The molecule has 4 rings (SSSR count). The smallest absolute Gasteiger partial charge is 0.300 e. The van der Waals surface area contributed by atoms with E-state index in [2.05, 4.69) is 4.90 Å². The van der Waals surface area contributed by atoms with E-state index < -0.39 is 21.6 Å². The second kappa shape index (κ2) is 5.71. The molecule has 0 radical (unpaired) electrons. The fourth-order valence-electron chi connectivity index (χ4n) is 4.94. The zero-order valence-corrected chi connectivity index (χ0v) is 14.7. The number of benzene rings is 1. The summed E-state index contributed by atoms with van der Waals surface area (Å²) in [7, 11) is -2.81. The molecule has 0 N–H and O–H groups in total. The minimum atomic E-state index is -4.29. The minimum Gasteiger partial charge on any atom is -0.300 e. The van der Waals surface area contributed by atoms with E-state index in [1.54, 1.807) is 12.1 Å². The number of rotatable bonds is 2. The van der Waals surface area contributed by atoms with Crippen LogP contribution in [0.2, 0.25) is 0 Å². The van der Waals surface area contributed by atoms with Crippen molar-refractivity contribution in [2.75, 3.05) is 24.6 Å². The fraction of sp³-hybridized carbons (Fsp3) is 0.667. The minimum absolute atomic E-state index is 0.0225. The molecule has 0 bridgehead atoms. The molecule has 1 aliphatic carbocycles. The molecule has 0 amide bonds. The summed E-state index contributed by atoms with van der Waals surface area (Å²) in [4.78, 5) is 2.42. The largest absolute Gasteiger partial charge is 0.416 e. The fourth-order valence-corrected chi connectivity index (χ4v) is 7.20. The molecule has 3 nitrogen and oxygen atoms in total. The Kier molecular flexibility index (Phi) is 3.96. The van der Waals surface area contributed by atoms with Crippen LogP contribution < -0.4 is 0 Å². The van der Waals surface area contributed by atoms with Crippen molar-refractivity contribution in [3.8, 4) is 0 Å². The Morgan fingerprint density at radius 1 is 1.08 bits per heavy atom. The average Bonchev–Trinajstić information content (AvgIpc) is 3.12. The first-order valence-corrected chi connectivity index (χ1v) is 10.6. The summed E-state index contributed by atoms with van der Waals surface area (Å²) in [5, 5.41) is 0. The maximum absolute atomic E-state index is 12.7. The zero-order chi connectivity index (χ0) is 17.9. The van der Waals surface area contributed by atoms with Crippen molar-refractivity contribution in [3.63, 3.8) is 0 Å². The molecule has 138 valence electrons. The van der Waals surface area contributed by atoms with Crippen LogP contribution in [-0.2, 0) is 16.0 Å². The summed E-state index contributed by atoms with van der Waals surface area (Å²) >= 11 is 0. The van der Waals surface area contributed by atoms with Gasteiger partial charge in [-0.15, -0.1) is 0 Å². The van der Waals surface area contributed by atoms with Crippen LogP contribution in [0.3, 0.4) is 0 Å². The van der Waals surface area contributed by atoms with E-state index >= 15 is 0 Å². The van der Waals surface area contributed by atoms with E-state index in [0.29, 0.717) is 23.5 Å². The van der Waals surface area contributed by atoms with Crippen molar-refractivity contribution in [2.45, 2.75) is 43.8 Å². The van der Waals surface area contributed by atoms with Gasteiger partial charge in [0.15, 0.2) is 9.84 Å². The summed E-state index contributed by atoms with van der Waals surface area (Å²) in [5.41, 5.74) is 0.361. The van der Waals surface area contributed by atoms with Crippen LogP contribution in [0.4, 0.5) is 13.2 Å². The van der Waals surface area contributed by atoms with Gasteiger partial charge in [-0.3, -0.25) is 4.90 Å². The molecule has 2 heterocycles. The quantitative estimate of drug-likeness (QED) is 0.797. The van der Waals surface area contributed by atoms with Crippen molar-refractivity contribution < 1.29 is 21.6 Å². The lowest BCUT2D eigenvalue weighted by Gasteiger charge is -2.38. The molecule has 7 heteroatoms. The van der Waals surface area contributed by atoms with Gasteiger partial charge in [0.25, 0.3) is 0 Å². The molecule has 0 aromatic heterocycles. The Morgan fingerprint density at radius 3 is 2.36 bits per heavy atom. The SMILES string of the molecule is O=S1(=O)CC2(CCN(C3CC[C@@H](c4ccc(C(F)(F)F)cc4)C3)C2)C1. The predicted molar refractivity (Wildman–Crippen MR) is 89.1 cm³/mol. The number of halogens is 3. The first-order chi connectivity index (χ1) is 11.7. The van der Waals surface area contributed by atoms with Crippen molar-refractivity contribution in [1.29, 1.82) is 0 Å². The summed E-state index contributed by atoms with van der Waals surface area (Å²) < 4.78 is 61.1. The number of likely N-dealkylation sites (tertiary alicyclic amines) is 1. The van der Waals surface area contributed by atoms with Crippen LogP contribution in [0.15, 0.2) is 24.3 Å². The molecule has 2 aliphatic heterocycles. The summed E-state index contributed by atoms with van der Waals surface area (Å²) in [5.74, 6) is 0.950. The van der Waals surface area contributed by atoms with Crippen molar-refractivity contribution in [1.82, 2.24) is 4.90 Å². The van der Waals surface area contributed by atoms with Gasteiger partial charge >= 0.3 is 6.18 Å². The van der Waals surface area contributed by atoms with Gasteiger partial charge in [-0.2, -0.15) is 13.2 Å².